The molecule has 7 heteroatoms. The van der Waals surface area contributed by atoms with Gasteiger partial charge in [0.1, 0.15) is 0 Å². The largest absolute Gasteiger partial charge is 0.341 e. The summed E-state index contributed by atoms with van der Waals surface area (Å²) in [7, 11) is 0. The van der Waals surface area contributed by atoms with Crippen LogP contribution in [-0.2, 0) is 4.79 Å². The van der Waals surface area contributed by atoms with Crippen molar-refractivity contribution in [3.8, 4) is 5.69 Å². The highest BCUT2D eigenvalue weighted by atomic mass is 32.2. The van der Waals surface area contributed by atoms with Gasteiger partial charge >= 0.3 is 0 Å². The van der Waals surface area contributed by atoms with Crippen molar-refractivity contribution in [2.24, 2.45) is 0 Å². The molecule has 0 aliphatic carbocycles. The van der Waals surface area contributed by atoms with Crippen molar-refractivity contribution in [2.75, 3.05) is 35.2 Å². The van der Waals surface area contributed by atoms with E-state index in [1.54, 1.807) is 0 Å². The second-order valence-corrected chi connectivity index (χ2v) is 8.21. The normalized spacial score (nSPS) is 14.0. The summed E-state index contributed by atoms with van der Waals surface area (Å²) in [6, 6.07) is 20.0. The van der Waals surface area contributed by atoms with E-state index in [4.69, 9.17) is 0 Å². The van der Waals surface area contributed by atoms with Crippen LogP contribution in [0.25, 0.3) is 5.69 Å². The molecule has 1 aliphatic heterocycles. The highest BCUT2D eigenvalue weighted by Gasteiger charge is 2.23. The summed E-state index contributed by atoms with van der Waals surface area (Å²) >= 11 is 1.44. The van der Waals surface area contributed by atoms with Gasteiger partial charge in [0, 0.05) is 25.3 Å². The first kappa shape index (κ1) is 20.5. The lowest BCUT2D eigenvalue weighted by Gasteiger charge is -2.27. The Bertz CT molecular complexity index is 954. The Morgan fingerprint density at radius 3 is 2.30 bits per heavy atom. The van der Waals surface area contributed by atoms with Crippen LogP contribution in [0.15, 0.2) is 65.8 Å². The maximum absolute atomic E-state index is 12.9. The third-order valence-corrected chi connectivity index (χ3v) is 6.19. The van der Waals surface area contributed by atoms with Gasteiger partial charge in [-0.25, -0.2) is 0 Å². The number of rotatable bonds is 7. The predicted octanol–water partition coefficient (Wildman–Crippen LogP) is 4.40. The zero-order valence-corrected chi connectivity index (χ0v) is 18.1. The second kappa shape index (κ2) is 9.80. The minimum atomic E-state index is 0.0656. The van der Waals surface area contributed by atoms with Gasteiger partial charge in [0.25, 0.3) is 0 Å². The van der Waals surface area contributed by atoms with E-state index in [0.717, 1.165) is 35.6 Å². The molecule has 2 aromatic carbocycles. The molecule has 1 fully saturated rings. The molecule has 156 valence electrons. The second-order valence-electron chi connectivity index (χ2n) is 7.26. The SMILES string of the molecule is CCN(C(=O)CSc1nnc(N2CCCCC2)n1-c1ccccc1)c1ccccc1. The molecule has 1 aromatic heterocycles. The molecule has 2 heterocycles. The summed E-state index contributed by atoms with van der Waals surface area (Å²) in [6.45, 7) is 4.61. The standard InChI is InChI=1S/C23H27N5OS/c1-2-27(19-12-6-3-7-13-19)21(29)18-30-23-25-24-22(26-16-10-5-11-17-26)28(23)20-14-8-4-9-15-20/h3-4,6-9,12-15H,2,5,10-11,16-18H2,1H3. The van der Waals surface area contributed by atoms with Crippen LogP contribution in [-0.4, -0.2) is 46.1 Å². The first-order valence-electron chi connectivity index (χ1n) is 10.5. The van der Waals surface area contributed by atoms with Crippen molar-refractivity contribution >= 4 is 29.3 Å². The van der Waals surface area contributed by atoms with Gasteiger partial charge in [0.15, 0.2) is 5.16 Å². The molecule has 0 saturated carbocycles. The molecule has 1 aliphatic rings. The van der Waals surface area contributed by atoms with Crippen LogP contribution in [0.1, 0.15) is 26.2 Å². The van der Waals surface area contributed by atoms with Crippen molar-refractivity contribution in [3.63, 3.8) is 0 Å². The lowest BCUT2D eigenvalue weighted by Crippen LogP contribution is -2.32. The number of hydrogen-bond donors (Lipinski definition) is 0. The fourth-order valence-corrected chi connectivity index (χ4v) is 4.60. The zero-order chi connectivity index (χ0) is 20.8. The summed E-state index contributed by atoms with van der Waals surface area (Å²) in [6.07, 6.45) is 3.61. The van der Waals surface area contributed by atoms with E-state index in [0.29, 0.717) is 12.3 Å². The van der Waals surface area contributed by atoms with Crippen LogP contribution in [0.2, 0.25) is 0 Å². The summed E-state index contributed by atoms with van der Waals surface area (Å²) in [4.78, 5) is 17.1. The van der Waals surface area contributed by atoms with Crippen molar-refractivity contribution in [1.82, 2.24) is 14.8 Å². The Hall–Kier alpha value is -2.80. The van der Waals surface area contributed by atoms with Crippen LogP contribution >= 0.6 is 11.8 Å². The van der Waals surface area contributed by atoms with E-state index in [1.807, 2.05) is 60.4 Å². The summed E-state index contributed by atoms with van der Waals surface area (Å²) in [5.74, 6) is 1.25. The van der Waals surface area contributed by atoms with Gasteiger partial charge in [0.05, 0.1) is 11.4 Å². The number of nitrogens with zero attached hydrogens (tertiary/aromatic N) is 5. The highest BCUT2D eigenvalue weighted by Crippen LogP contribution is 2.28. The van der Waals surface area contributed by atoms with Crippen molar-refractivity contribution in [1.29, 1.82) is 0 Å². The zero-order valence-electron chi connectivity index (χ0n) is 17.3. The third-order valence-electron chi connectivity index (χ3n) is 5.28. The number of amides is 1. The van der Waals surface area contributed by atoms with Crippen molar-refractivity contribution in [2.45, 2.75) is 31.3 Å². The Morgan fingerprint density at radius 2 is 1.63 bits per heavy atom. The summed E-state index contributed by atoms with van der Waals surface area (Å²) < 4.78 is 2.09. The molecule has 0 spiro atoms. The van der Waals surface area contributed by atoms with Gasteiger partial charge in [-0.1, -0.05) is 48.2 Å². The number of aromatic nitrogens is 3. The lowest BCUT2D eigenvalue weighted by molar-refractivity contribution is -0.116. The molecule has 1 amide bonds. The van der Waals surface area contributed by atoms with Gasteiger partial charge < -0.3 is 9.80 Å². The van der Waals surface area contributed by atoms with E-state index in [2.05, 4.69) is 31.8 Å². The molecule has 0 atom stereocenters. The number of benzene rings is 2. The van der Waals surface area contributed by atoms with Crippen molar-refractivity contribution < 1.29 is 4.79 Å². The van der Waals surface area contributed by atoms with Gasteiger partial charge in [-0.3, -0.25) is 9.36 Å². The number of carbonyl (C=O) groups is 1. The van der Waals surface area contributed by atoms with E-state index in [-0.39, 0.29) is 5.91 Å². The average molecular weight is 422 g/mol. The molecule has 0 bridgehead atoms. The van der Waals surface area contributed by atoms with Gasteiger partial charge in [-0.05, 0) is 50.5 Å². The van der Waals surface area contributed by atoms with Crippen LogP contribution in [0.3, 0.4) is 0 Å². The van der Waals surface area contributed by atoms with Crippen molar-refractivity contribution in [3.05, 3.63) is 60.7 Å². The number of para-hydroxylation sites is 2. The Balaban J connectivity index is 1.56. The first-order valence-corrected chi connectivity index (χ1v) is 11.5. The maximum atomic E-state index is 12.9. The maximum Gasteiger partial charge on any atom is 0.237 e. The molecule has 1 saturated heterocycles. The highest BCUT2D eigenvalue weighted by molar-refractivity contribution is 7.99. The smallest absolute Gasteiger partial charge is 0.237 e. The summed E-state index contributed by atoms with van der Waals surface area (Å²) in [5.41, 5.74) is 1.94. The summed E-state index contributed by atoms with van der Waals surface area (Å²) in [5, 5.41) is 9.72. The minimum absolute atomic E-state index is 0.0656. The monoisotopic (exact) mass is 421 g/mol. The molecule has 3 aromatic rings. The van der Waals surface area contributed by atoms with Gasteiger partial charge in [-0.2, -0.15) is 0 Å². The molecular weight excluding hydrogens is 394 g/mol. The molecular formula is C23H27N5OS. The van der Waals surface area contributed by atoms with Gasteiger partial charge in [-0.15, -0.1) is 10.2 Å². The number of piperidine rings is 1. The number of hydrogen-bond acceptors (Lipinski definition) is 5. The molecule has 6 nitrogen and oxygen atoms in total. The van der Waals surface area contributed by atoms with E-state index >= 15 is 0 Å². The quantitative estimate of drug-likeness (QED) is 0.529. The lowest BCUT2D eigenvalue weighted by atomic mass is 10.1. The Kier molecular flexibility index (Phi) is 6.69. The molecule has 0 unspecified atom stereocenters. The third kappa shape index (κ3) is 4.51. The van der Waals surface area contributed by atoms with E-state index in [9.17, 15) is 4.79 Å². The van der Waals surface area contributed by atoms with Crippen LogP contribution < -0.4 is 9.80 Å². The number of anilines is 2. The molecule has 30 heavy (non-hydrogen) atoms. The Morgan fingerprint density at radius 1 is 0.967 bits per heavy atom. The number of carbonyl (C=O) groups excluding carboxylic acids is 1. The molecule has 0 radical (unpaired) electrons. The molecule has 4 rings (SSSR count). The van der Waals surface area contributed by atoms with Gasteiger partial charge in [0.2, 0.25) is 11.9 Å². The van der Waals surface area contributed by atoms with E-state index < -0.39 is 0 Å². The first-order chi connectivity index (χ1) is 14.8. The fraction of sp³-hybridized carbons (Fsp3) is 0.348. The van der Waals surface area contributed by atoms with Crippen LogP contribution in [0, 0.1) is 0 Å². The van der Waals surface area contributed by atoms with Crippen LogP contribution in [0.5, 0.6) is 0 Å². The fourth-order valence-electron chi connectivity index (χ4n) is 3.77. The van der Waals surface area contributed by atoms with Crippen LogP contribution in [0.4, 0.5) is 11.6 Å². The minimum Gasteiger partial charge on any atom is -0.341 e. The Labute approximate surface area is 181 Å². The topological polar surface area (TPSA) is 54.3 Å². The molecule has 0 N–H and O–H groups in total. The predicted molar refractivity (Wildman–Crippen MR) is 123 cm³/mol. The number of thioether (sulfide) groups is 1. The van der Waals surface area contributed by atoms with E-state index in [1.165, 1.54) is 31.0 Å². The average Bonchev–Trinajstić information content (AvgIpc) is 3.24.